The Morgan fingerprint density at radius 3 is 2.44 bits per heavy atom. The number of hydrogen-bond donors (Lipinski definition) is 0. The summed E-state index contributed by atoms with van der Waals surface area (Å²) in [5.74, 6) is -0.136. The summed E-state index contributed by atoms with van der Waals surface area (Å²) in [6, 6.07) is 11.9. The molecule has 216 valence electrons. The molecule has 0 bridgehead atoms. The summed E-state index contributed by atoms with van der Waals surface area (Å²) in [6.07, 6.45) is -4.54. The van der Waals surface area contributed by atoms with Gasteiger partial charge in [0.05, 0.1) is 41.5 Å². The molecule has 1 unspecified atom stereocenters. The van der Waals surface area contributed by atoms with E-state index in [2.05, 4.69) is 4.90 Å². The van der Waals surface area contributed by atoms with Crippen LogP contribution in [0, 0.1) is 10.5 Å². The van der Waals surface area contributed by atoms with E-state index in [-0.39, 0.29) is 18.1 Å². The number of amides is 1. The van der Waals surface area contributed by atoms with Crippen molar-refractivity contribution in [3.8, 4) is 5.69 Å². The monoisotopic (exact) mass is 604 g/mol. The van der Waals surface area contributed by atoms with Crippen LogP contribution in [-0.4, -0.2) is 64.7 Å². The van der Waals surface area contributed by atoms with E-state index < -0.39 is 17.8 Å². The molecule has 1 aliphatic rings. The number of aromatic nitrogens is 2. The predicted octanol–water partition coefficient (Wildman–Crippen LogP) is 6.44. The third-order valence-electron chi connectivity index (χ3n) is 7.15. The number of rotatable bonds is 8. The van der Waals surface area contributed by atoms with Gasteiger partial charge < -0.3 is 9.64 Å². The molecule has 41 heavy (non-hydrogen) atoms. The summed E-state index contributed by atoms with van der Waals surface area (Å²) < 4.78 is 61.5. The fraction of sp³-hybridized carbons (Fsp3) is 0.345. The van der Waals surface area contributed by atoms with Crippen molar-refractivity contribution in [1.82, 2.24) is 19.4 Å². The average Bonchev–Trinajstić information content (AvgIpc) is 3.43. The van der Waals surface area contributed by atoms with Crippen LogP contribution in [0.1, 0.15) is 29.9 Å². The summed E-state index contributed by atoms with van der Waals surface area (Å²) in [5, 5.41) is 1.89. The fourth-order valence-electron chi connectivity index (χ4n) is 4.88. The van der Waals surface area contributed by atoms with E-state index in [1.165, 1.54) is 35.6 Å². The highest BCUT2D eigenvalue weighted by Gasteiger charge is 2.31. The highest BCUT2D eigenvalue weighted by atomic mass is 32.1. The first-order valence-corrected chi connectivity index (χ1v) is 14.4. The molecule has 3 heterocycles. The molecule has 0 saturated carbocycles. The molecule has 12 heteroatoms. The second-order valence-corrected chi connectivity index (χ2v) is 11.1. The minimum atomic E-state index is -4.46. The second kappa shape index (κ2) is 12.4. The first kappa shape index (κ1) is 29.3. The lowest BCUT2D eigenvalue weighted by atomic mass is 10.1. The third-order valence-corrected chi connectivity index (χ3v) is 8.58. The Kier molecular flexibility index (Phi) is 8.83. The van der Waals surface area contributed by atoms with Gasteiger partial charge in [-0.1, -0.05) is 24.4 Å². The molecule has 0 spiro atoms. The average molecular weight is 605 g/mol. The van der Waals surface area contributed by atoms with Crippen molar-refractivity contribution in [2.45, 2.75) is 25.6 Å². The van der Waals surface area contributed by atoms with Gasteiger partial charge in [0.2, 0.25) is 5.91 Å². The van der Waals surface area contributed by atoms with Crippen molar-refractivity contribution in [2.75, 3.05) is 39.4 Å². The third kappa shape index (κ3) is 6.66. The number of carbonyl (C=O) groups is 1. The zero-order valence-electron chi connectivity index (χ0n) is 22.2. The Morgan fingerprint density at radius 1 is 1.10 bits per heavy atom. The molecule has 1 aliphatic heterocycles. The van der Waals surface area contributed by atoms with Crippen molar-refractivity contribution in [3.05, 3.63) is 87.4 Å². The number of thiophene rings is 1. The van der Waals surface area contributed by atoms with E-state index in [0.717, 1.165) is 29.9 Å². The Balaban J connectivity index is 1.51. The van der Waals surface area contributed by atoms with Crippen LogP contribution >= 0.6 is 23.6 Å². The maximum absolute atomic E-state index is 13.8. The van der Waals surface area contributed by atoms with Crippen LogP contribution in [0.25, 0.3) is 15.9 Å². The van der Waals surface area contributed by atoms with Gasteiger partial charge in [0.15, 0.2) is 0 Å². The lowest BCUT2D eigenvalue weighted by Gasteiger charge is -2.34. The van der Waals surface area contributed by atoms with Crippen LogP contribution in [0.4, 0.5) is 17.6 Å². The number of halogens is 4. The summed E-state index contributed by atoms with van der Waals surface area (Å²) in [7, 11) is 0. The van der Waals surface area contributed by atoms with Crippen LogP contribution in [-0.2, 0) is 22.1 Å². The van der Waals surface area contributed by atoms with E-state index in [0.29, 0.717) is 53.5 Å². The fourth-order valence-corrected chi connectivity index (χ4v) is 6.09. The molecule has 2 aromatic heterocycles. The minimum absolute atomic E-state index is 0.0798. The van der Waals surface area contributed by atoms with Crippen LogP contribution < -0.4 is 0 Å². The number of morpholine rings is 1. The lowest BCUT2D eigenvalue weighted by molar-refractivity contribution is -0.137. The summed E-state index contributed by atoms with van der Waals surface area (Å²) in [4.78, 5) is 22.6. The van der Waals surface area contributed by atoms with Crippen molar-refractivity contribution in [3.63, 3.8) is 0 Å². The molecule has 1 saturated heterocycles. The molecule has 1 fully saturated rings. The molecule has 0 radical (unpaired) electrons. The number of carbonyl (C=O) groups excluding carboxylic acids is 1. The van der Waals surface area contributed by atoms with Gasteiger partial charge in [-0.25, -0.2) is 9.37 Å². The molecule has 4 aromatic rings. The molecule has 5 rings (SSSR count). The van der Waals surface area contributed by atoms with E-state index in [9.17, 15) is 22.4 Å². The Hall–Kier alpha value is -3.19. The highest BCUT2D eigenvalue weighted by molar-refractivity contribution is 7.71. The summed E-state index contributed by atoms with van der Waals surface area (Å²) in [5.41, 5.74) is 1.02. The topological polar surface area (TPSA) is 50.6 Å². The van der Waals surface area contributed by atoms with Crippen molar-refractivity contribution < 1.29 is 27.1 Å². The number of hydrogen-bond acceptors (Lipinski definition) is 6. The van der Waals surface area contributed by atoms with Crippen molar-refractivity contribution in [1.29, 1.82) is 0 Å². The normalized spacial score (nSPS) is 15.2. The number of fused-ring (bicyclic) bond motifs is 1. The van der Waals surface area contributed by atoms with Gasteiger partial charge >= 0.3 is 6.18 Å². The Labute approximate surface area is 243 Å². The molecule has 2 aromatic carbocycles. The predicted molar refractivity (Wildman–Crippen MR) is 152 cm³/mol. The largest absolute Gasteiger partial charge is 0.416 e. The molecule has 0 aliphatic carbocycles. The Bertz CT molecular complexity index is 1560. The van der Waals surface area contributed by atoms with Gasteiger partial charge in [-0.05, 0) is 60.3 Å². The van der Waals surface area contributed by atoms with Crippen LogP contribution in [0.3, 0.4) is 0 Å². The van der Waals surface area contributed by atoms with E-state index in [4.69, 9.17) is 21.9 Å². The summed E-state index contributed by atoms with van der Waals surface area (Å²) in [6.45, 7) is 5.50. The van der Waals surface area contributed by atoms with Gasteiger partial charge in [0, 0.05) is 31.9 Å². The van der Waals surface area contributed by atoms with Gasteiger partial charge in [0.25, 0.3) is 0 Å². The van der Waals surface area contributed by atoms with E-state index in [1.54, 1.807) is 21.6 Å². The molecule has 6 nitrogen and oxygen atoms in total. The number of ether oxygens (including phenoxy) is 1. The zero-order chi connectivity index (χ0) is 29.1. The van der Waals surface area contributed by atoms with Crippen molar-refractivity contribution in [2.24, 2.45) is 0 Å². The first-order chi connectivity index (χ1) is 19.6. The highest BCUT2D eigenvalue weighted by Crippen LogP contribution is 2.31. The number of alkyl halides is 3. The van der Waals surface area contributed by atoms with Gasteiger partial charge in [-0.2, -0.15) is 13.2 Å². The molecule has 1 atom stereocenters. The van der Waals surface area contributed by atoms with Crippen molar-refractivity contribution >= 4 is 39.7 Å². The summed E-state index contributed by atoms with van der Waals surface area (Å²) >= 11 is 7.31. The smallest absolute Gasteiger partial charge is 0.379 e. The van der Waals surface area contributed by atoms with Crippen LogP contribution in [0.15, 0.2) is 60.0 Å². The maximum Gasteiger partial charge on any atom is 0.416 e. The molecular formula is C29H28F4N4O2S2. The molecular weight excluding hydrogens is 576 g/mol. The maximum atomic E-state index is 13.8. The van der Waals surface area contributed by atoms with Gasteiger partial charge in [-0.15, -0.1) is 11.3 Å². The van der Waals surface area contributed by atoms with Gasteiger partial charge in [0.1, 0.15) is 16.3 Å². The molecule has 0 N–H and O–H groups in total. The van der Waals surface area contributed by atoms with E-state index >= 15 is 0 Å². The van der Waals surface area contributed by atoms with Crippen LogP contribution in [0.5, 0.6) is 0 Å². The SMILES string of the molecule is CC(c1nc2ccsc2c(=S)n1-c1ccc(F)cc1)N(CCN1CCOCC1)C(=O)Cc1ccc(C(F)(F)F)cc1. The number of benzene rings is 2. The van der Waals surface area contributed by atoms with E-state index in [1.807, 2.05) is 18.4 Å². The minimum Gasteiger partial charge on any atom is -0.379 e. The number of nitrogens with zero attached hydrogens (tertiary/aromatic N) is 4. The first-order valence-electron chi connectivity index (χ1n) is 13.1. The van der Waals surface area contributed by atoms with Crippen LogP contribution in [0.2, 0.25) is 0 Å². The standard InChI is InChI=1S/C29H28F4N4O2S2/c1-19(27-34-24-10-17-41-26(24)28(40)37(27)23-8-6-22(30)7-9-23)36(12-11-35-13-15-39-16-14-35)25(38)18-20-2-4-21(5-3-20)29(31,32)33/h2-10,17,19H,11-16,18H2,1H3. The molecule has 1 amide bonds. The lowest BCUT2D eigenvalue weighted by Crippen LogP contribution is -2.44. The van der Waals surface area contributed by atoms with Gasteiger partial charge in [-0.3, -0.25) is 14.3 Å². The zero-order valence-corrected chi connectivity index (χ0v) is 23.9. The quantitative estimate of drug-likeness (QED) is 0.171. The Morgan fingerprint density at radius 2 is 1.78 bits per heavy atom. The second-order valence-electron chi connectivity index (χ2n) is 9.81.